The standard InChI is InChI=1S/C14H20F3N/c1-4-10(2)11(3)18-9-12-5-7-13(8-6-12)14(15,16)17/h5-8,10-11,18H,4,9H2,1-3H3. The first-order valence-electron chi connectivity index (χ1n) is 6.24. The van der Waals surface area contributed by atoms with E-state index in [4.69, 9.17) is 0 Å². The number of halogens is 3. The molecule has 0 bridgehead atoms. The highest BCUT2D eigenvalue weighted by atomic mass is 19.4. The topological polar surface area (TPSA) is 12.0 Å². The van der Waals surface area contributed by atoms with Crippen molar-refractivity contribution < 1.29 is 13.2 Å². The van der Waals surface area contributed by atoms with Crippen molar-refractivity contribution in [3.05, 3.63) is 35.4 Å². The lowest BCUT2D eigenvalue weighted by Crippen LogP contribution is -2.31. The number of benzene rings is 1. The quantitative estimate of drug-likeness (QED) is 0.834. The van der Waals surface area contributed by atoms with E-state index in [0.29, 0.717) is 18.5 Å². The van der Waals surface area contributed by atoms with Crippen LogP contribution in [-0.4, -0.2) is 6.04 Å². The van der Waals surface area contributed by atoms with Crippen LogP contribution in [0.2, 0.25) is 0 Å². The molecular weight excluding hydrogens is 239 g/mol. The lowest BCUT2D eigenvalue weighted by molar-refractivity contribution is -0.137. The fourth-order valence-corrected chi connectivity index (χ4v) is 1.65. The Hall–Kier alpha value is -1.03. The van der Waals surface area contributed by atoms with E-state index in [-0.39, 0.29) is 0 Å². The zero-order valence-electron chi connectivity index (χ0n) is 11.0. The van der Waals surface area contributed by atoms with E-state index >= 15 is 0 Å². The predicted octanol–water partition coefficient (Wildman–Crippen LogP) is 4.23. The molecule has 18 heavy (non-hydrogen) atoms. The molecule has 102 valence electrons. The third kappa shape index (κ3) is 4.33. The van der Waals surface area contributed by atoms with Gasteiger partial charge in [0.1, 0.15) is 0 Å². The first-order chi connectivity index (χ1) is 8.34. The van der Waals surface area contributed by atoms with Crippen molar-refractivity contribution in [2.75, 3.05) is 0 Å². The minimum Gasteiger partial charge on any atom is -0.310 e. The largest absolute Gasteiger partial charge is 0.416 e. The molecular formula is C14H20F3N. The fraction of sp³-hybridized carbons (Fsp3) is 0.571. The number of hydrogen-bond donors (Lipinski definition) is 1. The minimum atomic E-state index is -4.25. The molecule has 2 unspecified atom stereocenters. The van der Waals surface area contributed by atoms with Crippen molar-refractivity contribution in [1.82, 2.24) is 5.32 Å². The van der Waals surface area contributed by atoms with Gasteiger partial charge in [-0.15, -0.1) is 0 Å². The summed E-state index contributed by atoms with van der Waals surface area (Å²) in [6, 6.07) is 5.67. The molecule has 0 saturated heterocycles. The van der Waals surface area contributed by atoms with Gasteiger partial charge in [0.25, 0.3) is 0 Å². The molecule has 1 nitrogen and oxygen atoms in total. The van der Waals surface area contributed by atoms with E-state index in [1.807, 2.05) is 0 Å². The first-order valence-corrected chi connectivity index (χ1v) is 6.24. The summed E-state index contributed by atoms with van der Waals surface area (Å²) in [4.78, 5) is 0. The molecule has 0 amide bonds. The van der Waals surface area contributed by atoms with Gasteiger partial charge in [0.2, 0.25) is 0 Å². The molecule has 0 heterocycles. The van der Waals surface area contributed by atoms with E-state index < -0.39 is 11.7 Å². The van der Waals surface area contributed by atoms with Gasteiger partial charge in [0.15, 0.2) is 0 Å². The van der Waals surface area contributed by atoms with Gasteiger partial charge < -0.3 is 5.32 Å². The van der Waals surface area contributed by atoms with Crippen LogP contribution in [-0.2, 0) is 12.7 Å². The maximum absolute atomic E-state index is 12.4. The summed E-state index contributed by atoms with van der Waals surface area (Å²) in [5.41, 5.74) is 0.277. The lowest BCUT2D eigenvalue weighted by atomic mass is 10.0. The summed E-state index contributed by atoms with van der Waals surface area (Å²) in [7, 11) is 0. The molecule has 0 spiro atoms. The van der Waals surface area contributed by atoms with Crippen LogP contribution in [0.1, 0.15) is 38.3 Å². The maximum atomic E-state index is 12.4. The number of rotatable bonds is 5. The Labute approximate surface area is 106 Å². The normalized spacial score (nSPS) is 15.4. The van der Waals surface area contributed by atoms with Gasteiger partial charge in [-0.3, -0.25) is 0 Å². The van der Waals surface area contributed by atoms with Gasteiger partial charge in [-0.1, -0.05) is 32.4 Å². The van der Waals surface area contributed by atoms with Gasteiger partial charge >= 0.3 is 6.18 Å². The third-order valence-corrected chi connectivity index (χ3v) is 3.41. The van der Waals surface area contributed by atoms with Gasteiger partial charge in [0, 0.05) is 12.6 Å². The smallest absolute Gasteiger partial charge is 0.310 e. The average molecular weight is 259 g/mol. The highest BCUT2D eigenvalue weighted by molar-refractivity contribution is 5.24. The molecule has 0 aliphatic rings. The fourth-order valence-electron chi connectivity index (χ4n) is 1.65. The van der Waals surface area contributed by atoms with Gasteiger partial charge in [-0.25, -0.2) is 0 Å². The molecule has 1 rings (SSSR count). The molecule has 4 heteroatoms. The van der Waals surface area contributed by atoms with Crippen LogP contribution in [0.25, 0.3) is 0 Å². The zero-order valence-corrected chi connectivity index (χ0v) is 11.0. The first kappa shape index (κ1) is 15.0. The Bertz CT molecular complexity index is 356. The number of alkyl halides is 3. The lowest BCUT2D eigenvalue weighted by Gasteiger charge is -2.20. The van der Waals surface area contributed by atoms with E-state index in [2.05, 4.69) is 26.1 Å². The molecule has 1 N–H and O–H groups in total. The summed E-state index contributed by atoms with van der Waals surface area (Å²) in [5, 5.41) is 3.33. The third-order valence-electron chi connectivity index (χ3n) is 3.41. The van der Waals surface area contributed by atoms with Gasteiger partial charge in [0.05, 0.1) is 5.56 Å². The maximum Gasteiger partial charge on any atom is 0.416 e. The van der Waals surface area contributed by atoms with Crippen LogP contribution < -0.4 is 5.32 Å². The van der Waals surface area contributed by atoms with Crippen LogP contribution >= 0.6 is 0 Å². The minimum absolute atomic E-state index is 0.359. The highest BCUT2D eigenvalue weighted by Crippen LogP contribution is 2.29. The molecule has 0 aromatic heterocycles. The molecule has 1 aromatic carbocycles. The Morgan fingerprint density at radius 2 is 1.67 bits per heavy atom. The van der Waals surface area contributed by atoms with Crippen LogP contribution in [0, 0.1) is 5.92 Å². The summed E-state index contributed by atoms with van der Waals surface area (Å²) in [6.07, 6.45) is -3.17. The van der Waals surface area contributed by atoms with Crippen molar-refractivity contribution in [3.8, 4) is 0 Å². The van der Waals surface area contributed by atoms with Crippen molar-refractivity contribution in [2.24, 2.45) is 5.92 Å². The average Bonchev–Trinajstić information content (AvgIpc) is 2.34. The SMILES string of the molecule is CCC(C)C(C)NCc1ccc(C(F)(F)F)cc1. The Morgan fingerprint density at radius 3 is 2.11 bits per heavy atom. The second-order valence-electron chi connectivity index (χ2n) is 4.75. The summed E-state index contributed by atoms with van der Waals surface area (Å²) < 4.78 is 37.1. The monoisotopic (exact) mass is 259 g/mol. The molecule has 1 aromatic rings. The number of hydrogen-bond acceptors (Lipinski definition) is 1. The Morgan fingerprint density at radius 1 is 1.11 bits per heavy atom. The van der Waals surface area contributed by atoms with E-state index in [1.165, 1.54) is 12.1 Å². The Kier molecular flexibility index (Phi) is 5.20. The second-order valence-corrected chi connectivity index (χ2v) is 4.75. The van der Waals surface area contributed by atoms with Crippen LogP contribution in [0.3, 0.4) is 0 Å². The van der Waals surface area contributed by atoms with Crippen LogP contribution in [0.4, 0.5) is 13.2 Å². The van der Waals surface area contributed by atoms with Crippen molar-refractivity contribution in [2.45, 2.75) is 46.0 Å². The molecule has 0 fully saturated rings. The highest BCUT2D eigenvalue weighted by Gasteiger charge is 2.29. The Balaban J connectivity index is 2.54. The van der Waals surface area contributed by atoms with Gasteiger partial charge in [-0.05, 0) is 30.5 Å². The van der Waals surface area contributed by atoms with Crippen molar-refractivity contribution in [3.63, 3.8) is 0 Å². The van der Waals surface area contributed by atoms with Crippen molar-refractivity contribution in [1.29, 1.82) is 0 Å². The van der Waals surface area contributed by atoms with Crippen molar-refractivity contribution >= 4 is 0 Å². The van der Waals surface area contributed by atoms with E-state index in [0.717, 1.165) is 24.1 Å². The summed E-state index contributed by atoms with van der Waals surface area (Å²) >= 11 is 0. The molecule has 0 aliphatic carbocycles. The summed E-state index contributed by atoms with van der Waals surface area (Å²) in [6.45, 7) is 6.98. The molecule has 0 saturated carbocycles. The molecule has 0 radical (unpaired) electrons. The molecule has 0 aliphatic heterocycles. The number of nitrogens with one attached hydrogen (secondary N) is 1. The molecule has 2 atom stereocenters. The van der Waals surface area contributed by atoms with Crippen LogP contribution in [0.15, 0.2) is 24.3 Å². The van der Waals surface area contributed by atoms with Gasteiger partial charge in [-0.2, -0.15) is 13.2 Å². The van der Waals surface area contributed by atoms with Crippen LogP contribution in [0.5, 0.6) is 0 Å². The zero-order chi connectivity index (χ0) is 13.8. The predicted molar refractivity (Wildman–Crippen MR) is 67.2 cm³/mol. The van der Waals surface area contributed by atoms with E-state index in [9.17, 15) is 13.2 Å². The summed E-state index contributed by atoms with van der Waals surface area (Å²) in [5.74, 6) is 0.555. The van der Waals surface area contributed by atoms with E-state index in [1.54, 1.807) is 0 Å². The second kappa shape index (κ2) is 6.23.